The lowest BCUT2D eigenvalue weighted by atomic mass is 10.1. The van der Waals surface area contributed by atoms with Gasteiger partial charge in [0.15, 0.2) is 0 Å². The maximum absolute atomic E-state index is 12.0. The fraction of sp³-hybridized carbons (Fsp3) is 0.357. The number of rotatable bonds is 4. The smallest absolute Gasteiger partial charge is 0.311 e. The van der Waals surface area contributed by atoms with Crippen molar-refractivity contribution in [1.29, 1.82) is 0 Å². The number of aryl methyl sites for hydroxylation is 1. The molecule has 2 aromatic rings. The zero-order valence-corrected chi connectivity index (χ0v) is 11.4. The van der Waals surface area contributed by atoms with Crippen LogP contribution in [-0.2, 0) is 0 Å². The van der Waals surface area contributed by atoms with Crippen LogP contribution in [0.2, 0.25) is 0 Å². The number of benzene rings is 1. The number of amides is 1. The molecule has 100 valence electrons. The lowest BCUT2D eigenvalue weighted by Crippen LogP contribution is -2.30. The third kappa shape index (κ3) is 2.81. The third-order valence-corrected chi connectivity index (χ3v) is 2.96. The van der Waals surface area contributed by atoms with Crippen molar-refractivity contribution in [3.63, 3.8) is 0 Å². The summed E-state index contributed by atoms with van der Waals surface area (Å²) in [7, 11) is 0. The number of carbonyl (C=O) groups excluding carboxylic acids is 1. The molecule has 0 saturated heterocycles. The maximum atomic E-state index is 12.0. The predicted octanol–water partition coefficient (Wildman–Crippen LogP) is 2.53. The summed E-state index contributed by atoms with van der Waals surface area (Å²) in [6.45, 7) is 7.08. The molecule has 0 radical (unpaired) electrons. The summed E-state index contributed by atoms with van der Waals surface area (Å²) in [5, 5.41) is 7.75. The van der Waals surface area contributed by atoms with E-state index in [0.29, 0.717) is 19.0 Å². The van der Waals surface area contributed by atoms with Gasteiger partial charge in [-0.25, -0.2) is 0 Å². The first kappa shape index (κ1) is 13.3. The monoisotopic (exact) mass is 259 g/mol. The largest absolute Gasteiger partial charge is 0.412 e. The number of hydrogen-bond donors (Lipinski definition) is 0. The number of hydrogen-bond acceptors (Lipinski definition) is 4. The van der Waals surface area contributed by atoms with E-state index in [2.05, 4.69) is 10.2 Å². The Bertz CT molecular complexity index is 556. The van der Waals surface area contributed by atoms with Gasteiger partial charge in [-0.15, -0.1) is 10.2 Å². The van der Waals surface area contributed by atoms with Crippen LogP contribution in [0.5, 0.6) is 0 Å². The number of carbonyl (C=O) groups is 1. The summed E-state index contributed by atoms with van der Waals surface area (Å²) >= 11 is 0. The topological polar surface area (TPSA) is 59.2 Å². The minimum atomic E-state index is -0.226. The van der Waals surface area contributed by atoms with Crippen LogP contribution in [0.3, 0.4) is 0 Å². The predicted molar refractivity (Wildman–Crippen MR) is 71.7 cm³/mol. The highest BCUT2D eigenvalue weighted by Gasteiger charge is 2.20. The van der Waals surface area contributed by atoms with Crippen molar-refractivity contribution in [2.24, 2.45) is 0 Å². The van der Waals surface area contributed by atoms with E-state index in [1.165, 1.54) is 0 Å². The fourth-order valence-corrected chi connectivity index (χ4v) is 1.77. The Balaban J connectivity index is 2.23. The van der Waals surface area contributed by atoms with Gasteiger partial charge in [-0.1, -0.05) is 17.7 Å². The molecule has 1 aromatic carbocycles. The summed E-state index contributed by atoms with van der Waals surface area (Å²) in [4.78, 5) is 13.7. The van der Waals surface area contributed by atoms with E-state index in [4.69, 9.17) is 4.42 Å². The van der Waals surface area contributed by atoms with Gasteiger partial charge in [0, 0.05) is 18.7 Å². The Morgan fingerprint density at radius 2 is 1.79 bits per heavy atom. The molecule has 2 rings (SSSR count). The zero-order valence-electron chi connectivity index (χ0n) is 11.4. The molecule has 19 heavy (non-hydrogen) atoms. The molecule has 0 atom stereocenters. The Morgan fingerprint density at radius 3 is 2.37 bits per heavy atom. The Morgan fingerprint density at radius 1 is 1.16 bits per heavy atom. The minimum Gasteiger partial charge on any atom is -0.412 e. The molecule has 0 aliphatic heterocycles. The van der Waals surface area contributed by atoms with Gasteiger partial charge in [0.1, 0.15) is 0 Å². The van der Waals surface area contributed by atoms with E-state index in [9.17, 15) is 4.79 Å². The summed E-state index contributed by atoms with van der Waals surface area (Å²) in [6, 6.07) is 7.72. The molecule has 5 nitrogen and oxygen atoms in total. The summed E-state index contributed by atoms with van der Waals surface area (Å²) in [5.74, 6) is 0.186. The van der Waals surface area contributed by atoms with Gasteiger partial charge in [-0.05, 0) is 32.9 Å². The summed E-state index contributed by atoms with van der Waals surface area (Å²) in [6.07, 6.45) is 0. The molecule has 0 saturated carbocycles. The first-order valence-corrected chi connectivity index (χ1v) is 6.35. The van der Waals surface area contributed by atoms with Crippen molar-refractivity contribution in [3.05, 3.63) is 35.7 Å². The van der Waals surface area contributed by atoms with Crippen molar-refractivity contribution in [1.82, 2.24) is 15.1 Å². The van der Waals surface area contributed by atoms with Crippen LogP contribution >= 0.6 is 0 Å². The van der Waals surface area contributed by atoms with Crippen LogP contribution in [0.25, 0.3) is 11.5 Å². The van der Waals surface area contributed by atoms with Crippen LogP contribution in [0.4, 0.5) is 0 Å². The molecule has 1 aromatic heterocycles. The Labute approximate surface area is 112 Å². The van der Waals surface area contributed by atoms with Gasteiger partial charge in [-0.3, -0.25) is 4.79 Å². The molecule has 0 bridgehead atoms. The van der Waals surface area contributed by atoms with Crippen LogP contribution in [-0.4, -0.2) is 34.1 Å². The van der Waals surface area contributed by atoms with Gasteiger partial charge >= 0.3 is 11.8 Å². The van der Waals surface area contributed by atoms with Crippen molar-refractivity contribution in [2.45, 2.75) is 20.8 Å². The Kier molecular flexibility index (Phi) is 3.94. The molecule has 0 spiro atoms. The second-order valence-electron chi connectivity index (χ2n) is 4.26. The van der Waals surface area contributed by atoms with Crippen LogP contribution < -0.4 is 0 Å². The SMILES string of the molecule is CCN(CC)C(=O)c1nnc(-c2ccc(C)cc2)o1. The van der Waals surface area contributed by atoms with Crippen molar-refractivity contribution in [2.75, 3.05) is 13.1 Å². The third-order valence-electron chi connectivity index (χ3n) is 2.96. The lowest BCUT2D eigenvalue weighted by Gasteiger charge is -2.15. The van der Waals surface area contributed by atoms with E-state index in [1.807, 2.05) is 45.0 Å². The van der Waals surface area contributed by atoms with Crippen molar-refractivity contribution < 1.29 is 9.21 Å². The normalized spacial score (nSPS) is 10.5. The summed E-state index contributed by atoms with van der Waals surface area (Å²) < 4.78 is 5.44. The fourth-order valence-electron chi connectivity index (χ4n) is 1.77. The van der Waals surface area contributed by atoms with Crippen LogP contribution in [0.1, 0.15) is 30.1 Å². The highest BCUT2D eigenvalue weighted by Crippen LogP contribution is 2.18. The highest BCUT2D eigenvalue weighted by molar-refractivity contribution is 5.89. The first-order valence-electron chi connectivity index (χ1n) is 6.35. The highest BCUT2D eigenvalue weighted by atomic mass is 16.4. The molecule has 0 unspecified atom stereocenters. The molecule has 1 amide bonds. The van der Waals surface area contributed by atoms with Gasteiger partial charge in [0.25, 0.3) is 0 Å². The van der Waals surface area contributed by atoms with Crippen LogP contribution in [0, 0.1) is 6.92 Å². The van der Waals surface area contributed by atoms with Crippen molar-refractivity contribution in [3.8, 4) is 11.5 Å². The van der Waals surface area contributed by atoms with Gasteiger partial charge in [0.2, 0.25) is 5.89 Å². The maximum Gasteiger partial charge on any atom is 0.311 e. The summed E-state index contributed by atoms with van der Waals surface area (Å²) in [5.41, 5.74) is 1.97. The number of nitrogens with zero attached hydrogens (tertiary/aromatic N) is 3. The molecule has 0 aliphatic carbocycles. The molecule has 5 heteroatoms. The standard InChI is InChI=1S/C14H17N3O2/c1-4-17(5-2)14(18)13-16-15-12(19-13)11-8-6-10(3)7-9-11/h6-9H,4-5H2,1-3H3. The molecule has 0 aliphatic rings. The second kappa shape index (κ2) is 5.65. The van der Waals surface area contributed by atoms with Gasteiger partial charge in [-0.2, -0.15) is 0 Å². The van der Waals surface area contributed by atoms with Crippen LogP contribution in [0.15, 0.2) is 28.7 Å². The minimum absolute atomic E-state index is 0.0410. The van der Waals surface area contributed by atoms with E-state index >= 15 is 0 Å². The number of aromatic nitrogens is 2. The second-order valence-corrected chi connectivity index (χ2v) is 4.26. The molecule has 1 heterocycles. The van der Waals surface area contributed by atoms with Gasteiger partial charge in [0.05, 0.1) is 0 Å². The van der Waals surface area contributed by atoms with Crippen molar-refractivity contribution >= 4 is 5.91 Å². The lowest BCUT2D eigenvalue weighted by molar-refractivity contribution is 0.0733. The molecule has 0 fully saturated rings. The first-order chi connectivity index (χ1) is 9.15. The molecular formula is C14H17N3O2. The van der Waals surface area contributed by atoms with E-state index in [0.717, 1.165) is 11.1 Å². The Hall–Kier alpha value is -2.17. The quantitative estimate of drug-likeness (QED) is 0.846. The van der Waals surface area contributed by atoms with E-state index in [1.54, 1.807) is 4.90 Å². The van der Waals surface area contributed by atoms with E-state index < -0.39 is 0 Å². The molecule has 0 N–H and O–H groups in total. The molecular weight excluding hydrogens is 242 g/mol. The average Bonchev–Trinajstić information content (AvgIpc) is 2.90. The average molecular weight is 259 g/mol. The van der Waals surface area contributed by atoms with Gasteiger partial charge < -0.3 is 9.32 Å². The zero-order chi connectivity index (χ0) is 13.8. The van der Waals surface area contributed by atoms with E-state index in [-0.39, 0.29) is 11.8 Å².